The zero-order chi connectivity index (χ0) is 13.9. The lowest BCUT2D eigenvalue weighted by Crippen LogP contribution is -2.18. The molecule has 0 aliphatic carbocycles. The van der Waals surface area contributed by atoms with E-state index in [1.165, 1.54) is 5.39 Å². The molecule has 1 unspecified atom stereocenters. The summed E-state index contributed by atoms with van der Waals surface area (Å²) in [5.41, 5.74) is -0.0161. The lowest BCUT2D eigenvalue weighted by Gasteiger charge is -2.21. The van der Waals surface area contributed by atoms with Crippen LogP contribution >= 0.6 is 23.5 Å². The first-order chi connectivity index (χ1) is 9.06. The molecule has 100 valence electrons. The second-order valence-electron chi connectivity index (χ2n) is 4.58. The second kappa shape index (κ2) is 6.04. The van der Waals surface area contributed by atoms with E-state index in [-0.39, 0.29) is 0 Å². The number of aliphatic hydroxyl groups is 1. The average Bonchev–Trinajstić information content (AvgIpc) is 2.44. The highest BCUT2D eigenvalue weighted by molar-refractivity contribution is 8.21. The Morgan fingerprint density at radius 2 is 1.68 bits per heavy atom. The molecule has 0 aromatic heterocycles. The Balaban J connectivity index is 2.45. The predicted octanol–water partition coefficient (Wildman–Crippen LogP) is 4.61. The van der Waals surface area contributed by atoms with Crippen molar-refractivity contribution >= 4 is 34.3 Å². The molecule has 0 amide bonds. The fraction of sp³-hybridized carbons (Fsp3) is 0.250. The molecule has 0 spiro atoms. The van der Waals surface area contributed by atoms with Crippen LogP contribution in [0.3, 0.4) is 0 Å². The molecule has 19 heavy (non-hydrogen) atoms. The van der Waals surface area contributed by atoms with Gasteiger partial charge in [-0.25, -0.2) is 0 Å². The molecule has 3 heteroatoms. The van der Waals surface area contributed by atoms with Crippen molar-refractivity contribution in [2.75, 3.05) is 12.5 Å². The molecule has 0 bridgehead atoms. The normalized spacial score (nSPS) is 14.1. The summed E-state index contributed by atoms with van der Waals surface area (Å²) < 4.78 is 1.12. The van der Waals surface area contributed by atoms with E-state index in [0.29, 0.717) is 0 Å². The van der Waals surface area contributed by atoms with Gasteiger partial charge in [0, 0.05) is 4.24 Å². The van der Waals surface area contributed by atoms with Crippen molar-refractivity contribution in [3.05, 3.63) is 58.3 Å². The zero-order valence-corrected chi connectivity index (χ0v) is 13.0. The molecule has 1 N–H and O–H groups in total. The zero-order valence-electron chi connectivity index (χ0n) is 11.4. The number of fused-ring (bicyclic) bond motifs is 1. The standard InChI is InChI=1S/C16H18OS2/c1-16(17,11-15(18-2)19-3)14-9-8-12-6-4-5-7-13(12)10-14/h4-11,17H,1-3H3. The van der Waals surface area contributed by atoms with Crippen molar-refractivity contribution < 1.29 is 5.11 Å². The highest BCUT2D eigenvalue weighted by atomic mass is 32.2. The Kier molecular flexibility index (Phi) is 4.61. The molecule has 0 fully saturated rings. The largest absolute Gasteiger partial charge is 0.381 e. The van der Waals surface area contributed by atoms with Crippen molar-refractivity contribution in [2.24, 2.45) is 0 Å². The summed E-state index contributed by atoms with van der Waals surface area (Å²) >= 11 is 3.32. The summed E-state index contributed by atoms with van der Waals surface area (Å²) in [5, 5.41) is 13.0. The Morgan fingerprint density at radius 1 is 1.05 bits per heavy atom. The lowest BCUT2D eigenvalue weighted by molar-refractivity contribution is 0.111. The van der Waals surface area contributed by atoms with Crippen molar-refractivity contribution in [2.45, 2.75) is 12.5 Å². The van der Waals surface area contributed by atoms with Crippen LogP contribution in [0, 0.1) is 0 Å². The summed E-state index contributed by atoms with van der Waals surface area (Å²) in [6.07, 6.45) is 5.98. The Morgan fingerprint density at radius 3 is 2.32 bits per heavy atom. The van der Waals surface area contributed by atoms with E-state index in [2.05, 4.69) is 24.3 Å². The quantitative estimate of drug-likeness (QED) is 0.887. The monoisotopic (exact) mass is 290 g/mol. The van der Waals surface area contributed by atoms with E-state index in [4.69, 9.17) is 0 Å². The van der Waals surface area contributed by atoms with Crippen LogP contribution < -0.4 is 0 Å². The van der Waals surface area contributed by atoms with Crippen LogP contribution in [-0.4, -0.2) is 17.6 Å². The van der Waals surface area contributed by atoms with Crippen LogP contribution in [0.25, 0.3) is 10.8 Å². The van der Waals surface area contributed by atoms with Gasteiger partial charge in [0.25, 0.3) is 0 Å². The molecule has 2 aromatic rings. The van der Waals surface area contributed by atoms with Gasteiger partial charge in [0.15, 0.2) is 0 Å². The van der Waals surface area contributed by atoms with E-state index < -0.39 is 5.60 Å². The molecule has 0 heterocycles. The number of hydrogen-bond acceptors (Lipinski definition) is 3. The van der Waals surface area contributed by atoms with Crippen LogP contribution in [0.4, 0.5) is 0 Å². The van der Waals surface area contributed by atoms with Gasteiger partial charge < -0.3 is 5.11 Å². The molecular weight excluding hydrogens is 272 g/mol. The van der Waals surface area contributed by atoms with Crippen LogP contribution in [-0.2, 0) is 5.60 Å². The maximum Gasteiger partial charge on any atom is 0.107 e. The summed E-state index contributed by atoms with van der Waals surface area (Å²) in [5.74, 6) is 0. The fourth-order valence-corrected chi connectivity index (χ4v) is 3.38. The Hall–Kier alpha value is -0.900. The highest BCUT2D eigenvalue weighted by Gasteiger charge is 2.21. The van der Waals surface area contributed by atoms with Crippen LogP contribution in [0.1, 0.15) is 12.5 Å². The van der Waals surface area contributed by atoms with Gasteiger partial charge in [-0.1, -0.05) is 36.4 Å². The smallest absolute Gasteiger partial charge is 0.107 e. The van der Waals surface area contributed by atoms with Crippen LogP contribution in [0.5, 0.6) is 0 Å². The Labute approximate surface area is 123 Å². The molecule has 0 aliphatic rings. The predicted molar refractivity (Wildman–Crippen MR) is 88.6 cm³/mol. The first kappa shape index (κ1) is 14.5. The summed E-state index contributed by atoms with van der Waals surface area (Å²) in [7, 11) is 0. The first-order valence-corrected chi connectivity index (χ1v) is 8.54. The fourth-order valence-electron chi connectivity index (χ4n) is 2.02. The van der Waals surface area contributed by atoms with Gasteiger partial charge in [-0.3, -0.25) is 0 Å². The van der Waals surface area contributed by atoms with Gasteiger partial charge in [0.05, 0.1) is 0 Å². The summed E-state index contributed by atoms with van der Waals surface area (Å²) in [4.78, 5) is 0. The third-order valence-corrected chi connectivity index (χ3v) is 5.18. The van der Waals surface area contributed by atoms with E-state index in [1.54, 1.807) is 23.5 Å². The maximum atomic E-state index is 10.7. The number of rotatable bonds is 4. The van der Waals surface area contributed by atoms with Gasteiger partial charge in [-0.15, -0.1) is 23.5 Å². The number of hydrogen-bond donors (Lipinski definition) is 1. The molecule has 1 atom stereocenters. The van der Waals surface area contributed by atoms with Crippen molar-refractivity contribution in [3.8, 4) is 0 Å². The average molecular weight is 290 g/mol. The van der Waals surface area contributed by atoms with Crippen LogP contribution in [0.15, 0.2) is 52.8 Å². The number of benzene rings is 2. The van der Waals surface area contributed by atoms with E-state index in [9.17, 15) is 5.11 Å². The number of thioether (sulfide) groups is 2. The molecule has 0 saturated heterocycles. The third kappa shape index (κ3) is 3.35. The molecule has 0 radical (unpaired) electrons. The molecule has 2 aromatic carbocycles. The van der Waals surface area contributed by atoms with Gasteiger partial charge >= 0.3 is 0 Å². The lowest BCUT2D eigenvalue weighted by atomic mass is 9.94. The van der Waals surface area contributed by atoms with E-state index in [1.807, 2.05) is 43.7 Å². The molecular formula is C16H18OS2. The minimum atomic E-state index is -0.939. The van der Waals surface area contributed by atoms with Crippen molar-refractivity contribution in [1.29, 1.82) is 0 Å². The van der Waals surface area contributed by atoms with Gasteiger partial charge in [-0.05, 0) is 47.9 Å². The molecule has 1 nitrogen and oxygen atoms in total. The van der Waals surface area contributed by atoms with Gasteiger partial charge in [0.2, 0.25) is 0 Å². The third-order valence-electron chi connectivity index (χ3n) is 3.14. The first-order valence-electron chi connectivity index (χ1n) is 6.09. The van der Waals surface area contributed by atoms with E-state index in [0.717, 1.165) is 15.2 Å². The SMILES string of the molecule is CSC(=CC(C)(O)c1ccc2ccccc2c1)SC. The molecule has 0 aliphatic heterocycles. The van der Waals surface area contributed by atoms with Crippen molar-refractivity contribution in [1.82, 2.24) is 0 Å². The minimum Gasteiger partial charge on any atom is -0.381 e. The summed E-state index contributed by atoms with van der Waals surface area (Å²) in [6, 6.07) is 14.3. The highest BCUT2D eigenvalue weighted by Crippen LogP contribution is 2.32. The maximum absolute atomic E-state index is 10.7. The van der Waals surface area contributed by atoms with Gasteiger partial charge in [-0.2, -0.15) is 0 Å². The minimum absolute atomic E-state index is 0.923. The molecule has 0 saturated carbocycles. The van der Waals surface area contributed by atoms with Crippen LogP contribution in [0.2, 0.25) is 0 Å². The summed E-state index contributed by atoms with van der Waals surface area (Å²) in [6.45, 7) is 1.84. The molecule has 2 rings (SSSR count). The van der Waals surface area contributed by atoms with E-state index >= 15 is 0 Å². The van der Waals surface area contributed by atoms with Crippen molar-refractivity contribution in [3.63, 3.8) is 0 Å². The second-order valence-corrected chi connectivity index (χ2v) is 6.54. The topological polar surface area (TPSA) is 20.2 Å². The van der Waals surface area contributed by atoms with Gasteiger partial charge in [0.1, 0.15) is 5.60 Å². The Bertz CT molecular complexity index is 596.